The van der Waals surface area contributed by atoms with E-state index in [1.807, 2.05) is 0 Å². The summed E-state index contributed by atoms with van der Waals surface area (Å²) in [5, 5.41) is -0.188. The number of rotatable bonds is 4. The summed E-state index contributed by atoms with van der Waals surface area (Å²) in [7, 11) is 2.23. The smallest absolute Gasteiger partial charge is 0.393 e. The van der Waals surface area contributed by atoms with Crippen LogP contribution in [0.2, 0.25) is 0 Å². The number of alkyl halides is 4. The first-order valence-electron chi connectivity index (χ1n) is 4.09. The topological polar surface area (TPSA) is 35.5 Å². The number of thiocarbonyl (C=S) groups is 1. The molecule has 0 radical (unpaired) electrons. The van der Waals surface area contributed by atoms with Crippen LogP contribution >= 0.6 is 34.8 Å². The van der Waals surface area contributed by atoms with Gasteiger partial charge in [0.1, 0.15) is 0 Å². The second kappa shape index (κ2) is 6.58. The van der Waals surface area contributed by atoms with Crippen LogP contribution in [0.3, 0.4) is 0 Å². The molecule has 0 aromatic rings. The van der Waals surface area contributed by atoms with Gasteiger partial charge in [0.2, 0.25) is 0 Å². The first kappa shape index (κ1) is 15.9. The third-order valence-corrected chi connectivity index (χ3v) is 4.09. The van der Waals surface area contributed by atoms with Crippen molar-refractivity contribution in [3.63, 3.8) is 0 Å². The van der Waals surface area contributed by atoms with E-state index in [1.165, 1.54) is 29.7 Å². The molecule has 8 heteroatoms. The number of carbonyl (C=O) groups excluding carboxylic acids is 1. The van der Waals surface area contributed by atoms with Crippen molar-refractivity contribution in [2.75, 3.05) is 14.2 Å². The van der Waals surface area contributed by atoms with Gasteiger partial charge in [0, 0.05) is 0 Å². The Bertz CT molecular complexity index is 270. The van der Waals surface area contributed by atoms with Crippen LogP contribution in [0.15, 0.2) is 0 Å². The van der Waals surface area contributed by atoms with Crippen molar-refractivity contribution in [2.24, 2.45) is 5.92 Å². The van der Waals surface area contributed by atoms with Crippen LogP contribution in [-0.2, 0) is 14.3 Å². The number of methoxy groups -OCH3 is 2. The molecule has 0 bridgehead atoms. The Balaban J connectivity index is 4.81. The average molecular weight is 370 g/mol. The number of hydrogen-bond donors (Lipinski definition) is 0. The first-order valence-corrected chi connectivity index (χ1v) is 5.74. The third-order valence-electron chi connectivity index (χ3n) is 1.81. The van der Waals surface area contributed by atoms with Gasteiger partial charge in [-0.3, -0.25) is 4.79 Å². The lowest BCUT2D eigenvalue weighted by Gasteiger charge is -2.23. The van der Waals surface area contributed by atoms with Crippen LogP contribution in [0.5, 0.6) is 0 Å². The molecule has 0 heterocycles. The van der Waals surface area contributed by atoms with E-state index in [-0.39, 0.29) is 5.05 Å². The SMILES string of the molecule is COC(=O)CC(C(I)C(=S)OC)C(F)(F)F. The average Bonchev–Trinajstić information content (AvgIpc) is 2.21. The summed E-state index contributed by atoms with van der Waals surface area (Å²) in [5.74, 6) is -2.82. The lowest BCUT2D eigenvalue weighted by molar-refractivity contribution is -0.180. The lowest BCUT2D eigenvalue weighted by atomic mass is 10.0. The molecule has 0 saturated carbocycles. The molecule has 94 valence electrons. The van der Waals surface area contributed by atoms with Crippen LogP contribution in [0.25, 0.3) is 0 Å². The molecule has 2 unspecified atom stereocenters. The highest BCUT2D eigenvalue weighted by Gasteiger charge is 2.47. The zero-order valence-corrected chi connectivity index (χ0v) is 11.5. The van der Waals surface area contributed by atoms with Crippen LogP contribution in [0.4, 0.5) is 13.2 Å². The van der Waals surface area contributed by atoms with Crippen molar-refractivity contribution in [3.8, 4) is 0 Å². The van der Waals surface area contributed by atoms with Gasteiger partial charge in [-0.25, -0.2) is 0 Å². The van der Waals surface area contributed by atoms with Crippen LogP contribution < -0.4 is 0 Å². The first-order chi connectivity index (χ1) is 7.23. The van der Waals surface area contributed by atoms with Crippen molar-refractivity contribution in [2.45, 2.75) is 16.5 Å². The molecular formula is C8H10F3IO3S. The maximum absolute atomic E-state index is 12.6. The predicted octanol–water partition coefficient (Wildman–Crippen LogP) is 2.51. The standard InChI is InChI=1S/C8H10F3IO3S/c1-14-5(13)3-4(8(9,10)11)6(12)7(16)15-2/h4,6H,3H2,1-2H3. The second-order valence-electron chi connectivity index (χ2n) is 2.85. The maximum Gasteiger partial charge on any atom is 0.393 e. The number of hydrogen-bond acceptors (Lipinski definition) is 4. The Hall–Kier alpha value is -0.120. The van der Waals surface area contributed by atoms with Gasteiger partial charge in [-0.15, -0.1) is 0 Å². The van der Waals surface area contributed by atoms with Crippen molar-refractivity contribution in [3.05, 3.63) is 0 Å². The molecular weight excluding hydrogens is 360 g/mol. The maximum atomic E-state index is 12.6. The number of carbonyl (C=O) groups is 1. The Labute approximate surface area is 110 Å². The zero-order valence-electron chi connectivity index (χ0n) is 8.51. The summed E-state index contributed by atoms with van der Waals surface area (Å²) in [6.07, 6.45) is -5.29. The molecule has 3 nitrogen and oxygen atoms in total. The zero-order chi connectivity index (χ0) is 12.9. The summed E-state index contributed by atoms with van der Waals surface area (Å²) in [5.41, 5.74) is 0. The Kier molecular flexibility index (Phi) is 6.53. The molecule has 0 saturated heterocycles. The predicted molar refractivity (Wildman–Crippen MR) is 63.6 cm³/mol. The van der Waals surface area contributed by atoms with E-state index in [0.29, 0.717) is 0 Å². The van der Waals surface area contributed by atoms with E-state index in [9.17, 15) is 18.0 Å². The van der Waals surface area contributed by atoms with Crippen LogP contribution in [-0.4, -0.2) is 35.3 Å². The van der Waals surface area contributed by atoms with E-state index in [1.54, 1.807) is 0 Å². The minimum Gasteiger partial charge on any atom is -0.489 e. The van der Waals surface area contributed by atoms with Crippen molar-refractivity contribution >= 4 is 45.8 Å². The molecule has 0 aliphatic carbocycles. The number of esters is 1. The van der Waals surface area contributed by atoms with Crippen molar-refractivity contribution in [1.82, 2.24) is 0 Å². The van der Waals surface area contributed by atoms with Gasteiger partial charge in [-0.05, 0) is 12.2 Å². The minimum absolute atomic E-state index is 0.188. The highest BCUT2D eigenvalue weighted by atomic mass is 127. The Morgan fingerprint density at radius 3 is 2.19 bits per heavy atom. The number of ether oxygens (including phenoxy) is 2. The molecule has 0 N–H and O–H groups in total. The van der Waals surface area contributed by atoms with E-state index >= 15 is 0 Å². The fraction of sp³-hybridized carbons (Fsp3) is 0.750. The van der Waals surface area contributed by atoms with E-state index in [0.717, 1.165) is 7.11 Å². The molecule has 2 atom stereocenters. The summed E-state index contributed by atoms with van der Waals surface area (Å²) in [6.45, 7) is 0. The van der Waals surface area contributed by atoms with Gasteiger partial charge < -0.3 is 9.47 Å². The fourth-order valence-electron chi connectivity index (χ4n) is 0.925. The van der Waals surface area contributed by atoms with Crippen LogP contribution in [0.1, 0.15) is 6.42 Å². The van der Waals surface area contributed by atoms with E-state index in [2.05, 4.69) is 21.7 Å². The van der Waals surface area contributed by atoms with Gasteiger partial charge in [0.05, 0.1) is 30.5 Å². The largest absolute Gasteiger partial charge is 0.489 e. The minimum atomic E-state index is -4.53. The fourth-order valence-corrected chi connectivity index (χ4v) is 2.01. The van der Waals surface area contributed by atoms with Crippen LogP contribution in [0, 0.1) is 5.92 Å². The molecule has 0 aliphatic heterocycles. The van der Waals surface area contributed by atoms with Gasteiger partial charge >= 0.3 is 12.1 Å². The molecule has 0 aromatic carbocycles. The van der Waals surface area contributed by atoms with Crippen molar-refractivity contribution < 1.29 is 27.4 Å². The summed E-state index contributed by atoms with van der Waals surface area (Å²) >= 11 is 6.14. The highest BCUT2D eigenvalue weighted by molar-refractivity contribution is 14.1. The highest BCUT2D eigenvalue weighted by Crippen LogP contribution is 2.36. The molecule has 0 fully saturated rings. The van der Waals surface area contributed by atoms with E-state index < -0.39 is 28.4 Å². The van der Waals surface area contributed by atoms with Gasteiger partial charge in [-0.2, -0.15) is 13.2 Å². The second-order valence-corrected chi connectivity index (χ2v) is 4.60. The Morgan fingerprint density at radius 2 is 1.88 bits per heavy atom. The molecule has 0 amide bonds. The quantitative estimate of drug-likeness (QED) is 0.330. The molecule has 0 spiro atoms. The monoisotopic (exact) mass is 370 g/mol. The number of halogens is 4. The van der Waals surface area contributed by atoms with E-state index in [4.69, 9.17) is 0 Å². The summed E-state index contributed by atoms with van der Waals surface area (Å²) in [4.78, 5) is 10.9. The molecule has 0 aliphatic rings. The normalized spacial score (nSPS) is 15.1. The summed E-state index contributed by atoms with van der Waals surface area (Å²) in [6, 6.07) is 0. The van der Waals surface area contributed by atoms with Gasteiger partial charge in [0.15, 0.2) is 5.05 Å². The molecule has 16 heavy (non-hydrogen) atoms. The summed E-state index contributed by atoms with van der Waals surface area (Å²) < 4.78 is 45.6. The Morgan fingerprint density at radius 1 is 1.38 bits per heavy atom. The van der Waals surface area contributed by atoms with Gasteiger partial charge in [-0.1, -0.05) is 22.6 Å². The molecule has 0 aromatic heterocycles. The van der Waals surface area contributed by atoms with Gasteiger partial charge in [0.25, 0.3) is 0 Å². The van der Waals surface area contributed by atoms with Crippen molar-refractivity contribution in [1.29, 1.82) is 0 Å². The lowest BCUT2D eigenvalue weighted by Crippen LogP contribution is -2.37. The molecule has 0 rings (SSSR count). The third kappa shape index (κ3) is 4.81.